The molecule has 0 aromatic carbocycles. The summed E-state index contributed by atoms with van der Waals surface area (Å²) in [4.78, 5) is 0. The number of rotatable bonds is 3. The molecule has 1 aliphatic rings. The highest BCUT2D eigenvalue weighted by atomic mass is 16.3. The van der Waals surface area contributed by atoms with Crippen molar-refractivity contribution in [2.45, 2.75) is 12.5 Å². The Bertz CT molecular complexity index is 113. The van der Waals surface area contributed by atoms with Gasteiger partial charge in [0.2, 0.25) is 0 Å². The maximum absolute atomic E-state index is 8.63. The minimum Gasteiger partial charge on any atom is -0.396 e. The molecule has 0 bridgehead atoms. The third kappa shape index (κ3) is 1.32. The van der Waals surface area contributed by atoms with Gasteiger partial charge in [-0.2, -0.15) is 0 Å². The fourth-order valence-corrected chi connectivity index (χ4v) is 1.13. The quantitative estimate of drug-likeness (QED) is 0.529. The molecule has 9 heavy (non-hydrogen) atoms. The van der Waals surface area contributed by atoms with Crippen molar-refractivity contribution in [2.75, 3.05) is 6.61 Å². The summed E-state index contributed by atoms with van der Waals surface area (Å²) in [5.41, 5.74) is 5.62. The molecule has 0 aliphatic heterocycles. The Labute approximate surface area is 55.4 Å². The van der Waals surface area contributed by atoms with E-state index in [1.54, 1.807) is 6.08 Å². The predicted octanol–water partition coefficient (Wildman–Crippen LogP) is 0.128. The molecule has 1 rings (SSSR count). The third-order valence-electron chi connectivity index (χ3n) is 1.98. The molecule has 0 heterocycles. The first-order chi connectivity index (χ1) is 4.29. The van der Waals surface area contributed by atoms with Gasteiger partial charge in [-0.05, 0) is 18.3 Å². The van der Waals surface area contributed by atoms with Crippen molar-refractivity contribution in [1.82, 2.24) is 0 Å². The van der Waals surface area contributed by atoms with Crippen LogP contribution >= 0.6 is 0 Å². The third-order valence-corrected chi connectivity index (χ3v) is 1.98. The van der Waals surface area contributed by atoms with Gasteiger partial charge in [-0.15, -0.1) is 6.58 Å². The van der Waals surface area contributed by atoms with E-state index in [0.717, 1.165) is 6.42 Å². The Morgan fingerprint density at radius 1 is 1.89 bits per heavy atom. The minimum atomic E-state index is 0.0992. The van der Waals surface area contributed by atoms with Crippen molar-refractivity contribution in [2.24, 2.45) is 17.6 Å². The van der Waals surface area contributed by atoms with Gasteiger partial charge in [0.15, 0.2) is 0 Å². The highest BCUT2D eigenvalue weighted by molar-refractivity contribution is 5.00. The van der Waals surface area contributed by atoms with Crippen LogP contribution in [0.2, 0.25) is 0 Å². The summed E-state index contributed by atoms with van der Waals surface area (Å²) in [6, 6.07) is 0.0992. The Morgan fingerprint density at radius 2 is 2.56 bits per heavy atom. The average molecular weight is 127 g/mol. The van der Waals surface area contributed by atoms with Crippen molar-refractivity contribution in [3.05, 3.63) is 12.7 Å². The van der Waals surface area contributed by atoms with Gasteiger partial charge < -0.3 is 10.8 Å². The molecule has 0 aromatic heterocycles. The molecule has 3 N–H and O–H groups in total. The van der Waals surface area contributed by atoms with Crippen LogP contribution in [-0.4, -0.2) is 17.8 Å². The summed E-state index contributed by atoms with van der Waals surface area (Å²) in [5.74, 6) is 0.963. The van der Waals surface area contributed by atoms with Gasteiger partial charge in [-0.25, -0.2) is 0 Å². The van der Waals surface area contributed by atoms with Gasteiger partial charge in [0, 0.05) is 12.6 Å². The number of nitrogens with two attached hydrogens (primary N) is 1. The average Bonchev–Trinajstić information content (AvgIpc) is 2.64. The van der Waals surface area contributed by atoms with E-state index in [1.807, 2.05) is 0 Å². The first-order valence-electron chi connectivity index (χ1n) is 3.28. The maximum Gasteiger partial charge on any atom is 0.0462 e. The number of aliphatic hydroxyl groups is 1. The van der Waals surface area contributed by atoms with Crippen molar-refractivity contribution in [1.29, 1.82) is 0 Å². The van der Waals surface area contributed by atoms with Gasteiger partial charge in [0.25, 0.3) is 0 Å². The fraction of sp³-hybridized carbons (Fsp3) is 0.714. The monoisotopic (exact) mass is 127 g/mol. The molecule has 0 amide bonds. The van der Waals surface area contributed by atoms with E-state index in [0.29, 0.717) is 11.8 Å². The molecule has 1 saturated carbocycles. The second-order valence-corrected chi connectivity index (χ2v) is 2.66. The summed E-state index contributed by atoms with van der Waals surface area (Å²) in [6.45, 7) is 3.87. The normalized spacial score (nSPS) is 35.8. The minimum absolute atomic E-state index is 0.0992. The second-order valence-electron chi connectivity index (χ2n) is 2.66. The van der Waals surface area contributed by atoms with Crippen LogP contribution in [0.5, 0.6) is 0 Å². The number of hydrogen-bond acceptors (Lipinski definition) is 2. The molecule has 1 fully saturated rings. The van der Waals surface area contributed by atoms with E-state index >= 15 is 0 Å². The molecule has 1 aliphatic carbocycles. The van der Waals surface area contributed by atoms with Gasteiger partial charge in [-0.3, -0.25) is 0 Å². The van der Waals surface area contributed by atoms with Crippen LogP contribution in [0.25, 0.3) is 0 Å². The van der Waals surface area contributed by atoms with Crippen LogP contribution in [0, 0.1) is 11.8 Å². The van der Waals surface area contributed by atoms with Crippen LogP contribution < -0.4 is 5.73 Å². The highest BCUT2D eigenvalue weighted by Crippen LogP contribution is 2.39. The Kier molecular flexibility index (Phi) is 1.88. The molecule has 2 heteroatoms. The lowest BCUT2D eigenvalue weighted by Crippen LogP contribution is -2.20. The van der Waals surface area contributed by atoms with Crippen molar-refractivity contribution >= 4 is 0 Å². The van der Waals surface area contributed by atoms with Crippen LogP contribution in [0.15, 0.2) is 12.7 Å². The van der Waals surface area contributed by atoms with Gasteiger partial charge in [0.05, 0.1) is 0 Å². The molecular weight excluding hydrogens is 114 g/mol. The van der Waals surface area contributed by atoms with Crippen LogP contribution in [0.3, 0.4) is 0 Å². The van der Waals surface area contributed by atoms with Crippen LogP contribution in [0.4, 0.5) is 0 Å². The van der Waals surface area contributed by atoms with E-state index in [4.69, 9.17) is 10.8 Å². The van der Waals surface area contributed by atoms with E-state index < -0.39 is 0 Å². The summed E-state index contributed by atoms with van der Waals surface area (Å²) in [5, 5.41) is 8.63. The molecule has 0 aromatic rings. The lowest BCUT2D eigenvalue weighted by Gasteiger charge is -2.01. The van der Waals surface area contributed by atoms with E-state index in [2.05, 4.69) is 6.58 Å². The Morgan fingerprint density at radius 3 is 2.89 bits per heavy atom. The van der Waals surface area contributed by atoms with Crippen molar-refractivity contribution in [3.63, 3.8) is 0 Å². The molecule has 0 radical (unpaired) electrons. The lowest BCUT2D eigenvalue weighted by atomic mass is 10.2. The van der Waals surface area contributed by atoms with Crippen molar-refractivity contribution in [3.8, 4) is 0 Å². The standard InChI is InChI=1S/C7H13NO/c1-2-7(8)6-3-5(6)4-9/h2,5-7,9H,1,3-4,8H2/t5-,6+,7+/m1/s1. The van der Waals surface area contributed by atoms with Gasteiger partial charge in [-0.1, -0.05) is 6.08 Å². The van der Waals surface area contributed by atoms with Crippen LogP contribution in [0.1, 0.15) is 6.42 Å². The van der Waals surface area contributed by atoms with Crippen molar-refractivity contribution < 1.29 is 5.11 Å². The first kappa shape index (κ1) is 6.78. The fourth-order valence-electron chi connectivity index (χ4n) is 1.13. The van der Waals surface area contributed by atoms with Gasteiger partial charge >= 0.3 is 0 Å². The second kappa shape index (κ2) is 2.50. The largest absolute Gasteiger partial charge is 0.396 e. The Hall–Kier alpha value is -0.340. The van der Waals surface area contributed by atoms with E-state index in [9.17, 15) is 0 Å². The summed E-state index contributed by atoms with van der Waals surface area (Å²) >= 11 is 0. The maximum atomic E-state index is 8.63. The molecule has 0 saturated heterocycles. The highest BCUT2D eigenvalue weighted by Gasteiger charge is 2.39. The summed E-state index contributed by atoms with van der Waals surface area (Å²) < 4.78 is 0. The summed E-state index contributed by atoms with van der Waals surface area (Å²) in [6.07, 6.45) is 2.82. The lowest BCUT2D eigenvalue weighted by molar-refractivity contribution is 0.267. The molecule has 52 valence electrons. The van der Waals surface area contributed by atoms with Crippen LogP contribution in [-0.2, 0) is 0 Å². The number of hydrogen-bond donors (Lipinski definition) is 2. The SMILES string of the molecule is C=C[C@H](N)[C@H]1C[C@@H]1CO. The molecule has 0 spiro atoms. The predicted molar refractivity (Wildman–Crippen MR) is 36.9 cm³/mol. The van der Waals surface area contributed by atoms with E-state index in [-0.39, 0.29) is 12.6 Å². The molecule has 0 unspecified atom stereocenters. The molecular formula is C7H13NO. The zero-order valence-electron chi connectivity index (χ0n) is 5.46. The van der Waals surface area contributed by atoms with Gasteiger partial charge in [0.1, 0.15) is 0 Å². The Balaban J connectivity index is 2.24. The zero-order valence-corrected chi connectivity index (χ0v) is 5.46. The topological polar surface area (TPSA) is 46.2 Å². The molecule has 2 nitrogen and oxygen atoms in total. The zero-order chi connectivity index (χ0) is 6.85. The molecule has 3 atom stereocenters. The summed E-state index contributed by atoms with van der Waals surface area (Å²) in [7, 11) is 0. The smallest absolute Gasteiger partial charge is 0.0462 e. The first-order valence-corrected chi connectivity index (χ1v) is 3.28. The number of aliphatic hydroxyl groups excluding tert-OH is 1. The van der Waals surface area contributed by atoms with E-state index in [1.165, 1.54) is 0 Å².